The lowest BCUT2D eigenvalue weighted by Crippen LogP contribution is -2.18. The first-order valence-corrected chi connectivity index (χ1v) is 9.97. The van der Waals surface area contributed by atoms with Crippen molar-refractivity contribution in [2.75, 3.05) is 10.6 Å². The van der Waals surface area contributed by atoms with Gasteiger partial charge < -0.3 is 15.4 Å². The first-order chi connectivity index (χ1) is 16.4. The predicted octanol–water partition coefficient (Wildman–Crippen LogP) is 4.68. The van der Waals surface area contributed by atoms with Gasteiger partial charge in [0, 0.05) is 29.0 Å². The number of ether oxygens (including phenoxy) is 1. The highest BCUT2D eigenvalue weighted by Gasteiger charge is 2.10. The van der Waals surface area contributed by atoms with Crippen LogP contribution in [-0.4, -0.2) is 20.4 Å². The number of carbonyl (C=O) groups excluding carboxylic acids is 1. The summed E-state index contributed by atoms with van der Waals surface area (Å²) in [7, 11) is 0. The van der Waals surface area contributed by atoms with E-state index in [2.05, 4.69) is 32.4 Å². The Morgan fingerprint density at radius 2 is 1.79 bits per heavy atom. The molecule has 0 saturated carbocycles. The van der Waals surface area contributed by atoms with Gasteiger partial charge in [-0.3, -0.25) is 14.2 Å². The maximum absolute atomic E-state index is 12.7. The second-order valence-electron chi connectivity index (χ2n) is 6.92. The number of anilines is 3. The highest BCUT2D eigenvalue weighted by molar-refractivity contribution is 6.05. The SMILES string of the molecule is CC#CC(=O)Nc1ccc2ncnc(Nc3ccc(Oc4ccn(C(F)F)c(=O)c4)cc3)c2c1. The average molecular weight is 461 g/mol. The molecular weight excluding hydrogens is 444 g/mol. The number of nitrogens with one attached hydrogen (secondary N) is 2. The molecule has 2 heterocycles. The molecule has 34 heavy (non-hydrogen) atoms. The molecule has 0 bridgehead atoms. The first-order valence-electron chi connectivity index (χ1n) is 9.97. The Bertz CT molecular complexity index is 1470. The molecule has 1 amide bonds. The molecule has 0 aliphatic rings. The van der Waals surface area contributed by atoms with Crippen molar-refractivity contribution in [1.29, 1.82) is 0 Å². The van der Waals surface area contributed by atoms with Crippen molar-refractivity contribution in [3.05, 3.63) is 77.5 Å². The Morgan fingerprint density at radius 1 is 1.03 bits per heavy atom. The predicted molar refractivity (Wildman–Crippen MR) is 123 cm³/mol. The summed E-state index contributed by atoms with van der Waals surface area (Å²) < 4.78 is 31.3. The maximum Gasteiger partial charge on any atom is 0.321 e. The first kappa shape index (κ1) is 22.4. The van der Waals surface area contributed by atoms with Gasteiger partial charge in [0.05, 0.1) is 5.52 Å². The van der Waals surface area contributed by atoms with Crippen molar-refractivity contribution in [2.45, 2.75) is 13.5 Å². The van der Waals surface area contributed by atoms with Crippen molar-refractivity contribution in [2.24, 2.45) is 0 Å². The number of amides is 1. The zero-order valence-corrected chi connectivity index (χ0v) is 17.8. The molecular formula is C24H17F2N5O3. The third-order valence-electron chi connectivity index (χ3n) is 4.61. The summed E-state index contributed by atoms with van der Waals surface area (Å²) in [4.78, 5) is 32.0. The van der Waals surface area contributed by atoms with Gasteiger partial charge in [-0.2, -0.15) is 8.78 Å². The Kier molecular flexibility index (Phi) is 6.45. The van der Waals surface area contributed by atoms with Gasteiger partial charge in [0.1, 0.15) is 23.6 Å². The van der Waals surface area contributed by atoms with E-state index in [1.54, 1.807) is 49.4 Å². The zero-order valence-electron chi connectivity index (χ0n) is 17.8. The molecule has 2 aromatic carbocycles. The minimum absolute atomic E-state index is 0.145. The molecule has 2 aromatic heterocycles. The Labute approximate surface area is 192 Å². The van der Waals surface area contributed by atoms with Gasteiger partial charge in [-0.05, 0) is 61.4 Å². The van der Waals surface area contributed by atoms with Crippen molar-refractivity contribution in [1.82, 2.24) is 14.5 Å². The lowest BCUT2D eigenvalue weighted by atomic mass is 10.2. The Balaban J connectivity index is 1.52. The summed E-state index contributed by atoms with van der Waals surface area (Å²) in [5, 5.41) is 6.57. The number of halogens is 2. The van der Waals surface area contributed by atoms with Gasteiger partial charge in [0.2, 0.25) is 0 Å². The van der Waals surface area contributed by atoms with E-state index < -0.39 is 18.0 Å². The number of aromatic nitrogens is 3. The lowest BCUT2D eigenvalue weighted by molar-refractivity contribution is -0.111. The smallest absolute Gasteiger partial charge is 0.321 e. The van der Waals surface area contributed by atoms with Crippen molar-refractivity contribution in [3.8, 4) is 23.3 Å². The van der Waals surface area contributed by atoms with Gasteiger partial charge in [0.15, 0.2) is 0 Å². The van der Waals surface area contributed by atoms with Crippen molar-refractivity contribution < 1.29 is 18.3 Å². The van der Waals surface area contributed by atoms with Gasteiger partial charge >= 0.3 is 6.55 Å². The highest BCUT2D eigenvalue weighted by atomic mass is 19.3. The molecule has 0 radical (unpaired) electrons. The van der Waals surface area contributed by atoms with E-state index >= 15 is 0 Å². The molecule has 10 heteroatoms. The van der Waals surface area contributed by atoms with Gasteiger partial charge in [-0.25, -0.2) is 9.97 Å². The van der Waals surface area contributed by atoms with Crippen LogP contribution in [0.4, 0.5) is 26.0 Å². The molecule has 0 aliphatic carbocycles. The quantitative estimate of drug-likeness (QED) is 0.405. The largest absolute Gasteiger partial charge is 0.457 e. The zero-order chi connectivity index (χ0) is 24.1. The number of fused-ring (bicyclic) bond motifs is 1. The second-order valence-corrected chi connectivity index (χ2v) is 6.92. The van der Waals surface area contributed by atoms with Crippen LogP contribution in [0.1, 0.15) is 13.5 Å². The molecule has 0 unspecified atom stereocenters. The number of alkyl halides is 2. The molecule has 4 aromatic rings. The fraction of sp³-hybridized carbons (Fsp3) is 0.0833. The molecule has 0 fully saturated rings. The third-order valence-corrected chi connectivity index (χ3v) is 4.61. The molecule has 170 valence electrons. The minimum atomic E-state index is -2.91. The molecule has 0 spiro atoms. The van der Waals surface area contributed by atoms with Crippen LogP contribution in [0.3, 0.4) is 0 Å². The summed E-state index contributed by atoms with van der Waals surface area (Å²) in [5.74, 6) is 5.62. The molecule has 0 saturated heterocycles. The second kappa shape index (κ2) is 9.79. The van der Waals surface area contributed by atoms with Crippen LogP contribution >= 0.6 is 0 Å². The van der Waals surface area contributed by atoms with Crippen molar-refractivity contribution >= 4 is 34.0 Å². The van der Waals surface area contributed by atoms with Crippen LogP contribution in [-0.2, 0) is 4.79 Å². The Morgan fingerprint density at radius 3 is 2.50 bits per heavy atom. The number of hydrogen-bond acceptors (Lipinski definition) is 6. The van der Waals surface area contributed by atoms with Gasteiger partial charge in [0.25, 0.3) is 11.5 Å². The van der Waals surface area contributed by atoms with E-state index in [0.29, 0.717) is 38.4 Å². The van der Waals surface area contributed by atoms with Crippen LogP contribution in [0.15, 0.2) is 71.9 Å². The maximum atomic E-state index is 12.7. The summed E-state index contributed by atoms with van der Waals surface area (Å²) in [5.41, 5.74) is 1.05. The van der Waals surface area contributed by atoms with Crippen LogP contribution in [0.25, 0.3) is 10.9 Å². The number of benzene rings is 2. The Hall–Kier alpha value is -4.78. The molecule has 0 aliphatic heterocycles. The fourth-order valence-corrected chi connectivity index (χ4v) is 3.09. The third kappa shape index (κ3) is 5.16. The van der Waals surface area contributed by atoms with Crippen LogP contribution in [0.2, 0.25) is 0 Å². The number of hydrogen-bond donors (Lipinski definition) is 2. The number of nitrogens with zero attached hydrogens (tertiary/aromatic N) is 3. The topological polar surface area (TPSA) is 98.1 Å². The number of carbonyl (C=O) groups is 1. The minimum Gasteiger partial charge on any atom is -0.457 e. The van der Waals surface area contributed by atoms with Gasteiger partial charge in [-0.15, -0.1) is 0 Å². The van der Waals surface area contributed by atoms with E-state index in [-0.39, 0.29) is 5.75 Å². The van der Waals surface area contributed by atoms with E-state index in [4.69, 9.17) is 4.74 Å². The summed E-state index contributed by atoms with van der Waals surface area (Å²) >= 11 is 0. The van der Waals surface area contributed by atoms with E-state index in [9.17, 15) is 18.4 Å². The number of rotatable bonds is 6. The van der Waals surface area contributed by atoms with E-state index in [1.165, 1.54) is 12.4 Å². The molecule has 8 nitrogen and oxygen atoms in total. The molecule has 2 N–H and O–H groups in total. The van der Waals surface area contributed by atoms with Crippen LogP contribution < -0.4 is 20.9 Å². The van der Waals surface area contributed by atoms with Crippen LogP contribution in [0, 0.1) is 11.8 Å². The van der Waals surface area contributed by atoms with Crippen molar-refractivity contribution in [3.63, 3.8) is 0 Å². The number of pyridine rings is 1. The fourth-order valence-electron chi connectivity index (χ4n) is 3.09. The highest BCUT2D eigenvalue weighted by Crippen LogP contribution is 2.28. The van der Waals surface area contributed by atoms with E-state index in [0.717, 1.165) is 12.3 Å². The van der Waals surface area contributed by atoms with E-state index in [1.807, 2.05) is 0 Å². The normalized spacial score (nSPS) is 10.5. The molecule has 0 atom stereocenters. The summed E-state index contributed by atoms with van der Waals surface area (Å²) in [6.45, 7) is -1.34. The summed E-state index contributed by atoms with van der Waals surface area (Å²) in [6, 6.07) is 14.3. The van der Waals surface area contributed by atoms with Gasteiger partial charge in [-0.1, -0.05) is 5.92 Å². The van der Waals surface area contributed by atoms with Crippen LogP contribution in [0.5, 0.6) is 11.5 Å². The lowest BCUT2D eigenvalue weighted by Gasteiger charge is -2.11. The average Bonchev–Trinajstić information content (AvgIpc) is 2.81. The molecule has 4 rings (SSSR count). The summed E-state index contributed by atoms with van der Waals surface area (Å²) in [6.07, 6.45) is 2.40. The monoisotopic (exact) mass is 461 g/mol. The standard InChI is InChI=1S/C24H17F2N5O3/c1-2-3-21(32)29-16-6-9-20-19(12-16)23(28-14-27-20)30-15-4-7-17(8-5-15)34-18-10-11-31(24(25)26)22(33)13-18/h4-14,24H,1H3,(H,29,32)(H,27,28,30).